The minimum Gasteiger partial charge on any atom is -0.464 e. The number of furan rings is 1. The van der Waals surface area contributed by atoms with Gasteiger partial charge >= 0.3 is 0 Å². The molecule has 1 aromatic carbocycles. The fraction of sp³-hybridized carbons (Fsp3) is 0.188. The molecule has 1 unspecified atom stereocenters. The molecule has 3 aromatic rings. The van der Waals surface area contributed by atoms with Crippen LogP contribution in [0.5, 0.6) is 0 Å². The first-order chi connectivity index (χ1) is 11.2. The molecule has 0 fully saturated rings. The van der Waals surface area contributed by atoms with Crippen molar-refractivity contribution in [2.24, 2.45) is 0 Å². The quantitative estimate of drug-likeness (QED) is 0.750. The second-order valence-corrected chi connectivity index (χ2v) is 6.11. The van der Waals surface area contributed by atoms with Gasteiger partial charge in [0.15, 0.2) is 5.13 Å². The van der Waals surface area contributed by atoms with Gasteiger partial charge in [-0.1, -0.05) is 0 Å². The molecular formula is C16H13N3O3S. The normalized spacial score (nSPS) is 16.8. The number of carbonyl (C=O) groups excluding carboxylic acids is 2. The van der Waals surface area contributed by atoms with Gasteiger partial charge in [0, 0.05) is 34.8 Å². The number of amides is 2. The monoisotopic (exact) mass is 327 g/mol. The average Bonchev–Trinajstić information content (AvgIpc) is 3.23. The molecule has 2 aromatic heterocycles. The molecule has 7 heteroatoms. The van der Waals surface area contributed by atoms with Gasteiger partial charge in [0.25, 0.3) is 0 Å². The molecule has 0 radical (unpaired) electrons. The molecular weight excluding hydrogens is 314 g/mol. The van der Waals surface area contributed by atoms with E-state index in [0.717, 1.165) is 11.1 Å². The number of thiazole rings is 1. The van der Waals surface area contributed by atoms with Crippen molar-refractivity contribution < 1.29 is 14.0 Å². The first kappa shape index (κ1) is 14.0. The zero-order valence-corrected chi connectivity index (χ0v) is 13.1. The highest BCUT2D eigenvalue weighted by atomic mass is 32.1. The summed E-state index contributed by atoms with van der Waals surface area (Å²) >= 11 is 1.32. The first-order valence-electron chi connectivity index (χ1n) is 7.22. The van der Waals surface area contributed by atoms with E-state index in [9.17, 15) is 9.59 Å². The van der Waals surface area contributed by atoms with Crippen LogP contribution in [0.2, 0.25) is 0 Å². The maximum absolute atomic E-state index is 12.7. The highest BCUT2D eigenvalue weighted by molar-refractivity contribution is 7.13. The highest BCUT2D eigenvalue weighted by Gasteiger charge is 2.42. The van der Waals surface area contributed by atoms with Crippen molar-refractivity contribution >= 4 is 44.9 Å². The Bertz CT molecular complexity index is 901. The number of nitrogens with zero attached hydrogens (tertiary/aromatic N) is 2. The summed E-state index contributed by atoms with van der Waals surface area (Å²) in [6.45, 7) is 2.40. The summed E-state index contributed by atoms with van der Waals surface area (Å²) in [5.74, 6) is -1.46. The predicted octanol–water partition coefficient (Wildman–Crippen LogP) is 2.98. The molecule has 0 bridgehead atoms. The van der Waals surface area contributed by atoms with E-state index in [0.29, 0.717) is 22.8 Å². The number of benzene rings is 1. The fourth-order valence-electron chi connectivity index (χ4n) is 2.93. The molecule has 1 atom stereocenters. The molecule has 116 valence electrons. The Morgan fingerprint density at radius 3 is 3.09 bits per heavy atom. The van der Waals surface area contributed by atoms with Gasteiger partial charge in [-0.25, -0.2) is 4.98 Å². The third kappa shape index (κ3) is 2.12. The number of fused-ring (bicyclic) bond motifs is 2. The fourth-order valence-corrected chi connectivity index (χ4v) is 3.46. The van der Waals surface area contributed by atoms with E-state index in [1.807, 2.05) is 19.1 Å². The van der Waals surface area contributed by atoms with Crippen LogP contribution in [-0.2, 0) is 9.59 Å². The molecule has 23 heavy (non-hydrogen) atoms. The van der Waals surface area contributed by atoms with Gasteiger partial charge < -0.3 is 14.6 Å². The molecule has 3 heterocycles. The van der Waals surface area contributed by atoms with Crippen LogP contribution >= 0.6 is 11.3 Å². The van der Waals surface area contributed by atoms with Crippen LogP contribution < -0.4 is 10.2 Å². The van der Waals surface area contributed by atoms with Gasteiger partial charge in [-0.2, -0.15) is 0 Å². The number of anilines is 2. The van der Waals surface area contributed by atoms with Crippen LogP contribution in [0.15, 0.2) is 40.5 Å². The predicted molar refractivity (Wildman–Crippen MR) is 87.7 cm³/mol. The Labute approximate surface area is 135 Å². The van der Waals surface area contributed by atoms with E-state index < -0.39 is 5.92 Å². The molecule has 0 spiro atoms. The van der Waals surface area contributed by atoms with E-state index in [-0.39, 0.29) is 11.8 Å². The lowest BCUT2D eigenvalue weighted by Gasteiger charge is -2.14. The van der Waals surface area contributed by atoms with Crippen LogP contribution in [0.25, 0.3) is 11.0 Å². The number of hydrogen-bond donors (Lipinski definition) is 1. The second-order valence-electron chi connectivity index (χ2n) is 5.21. The Balaban J connectivity index is 1.78. The first-order valence-corrected chi connectivity index (χ1v) is 8.10. The summed E-state index contributed by atoms with van der Waals surface area (Å²) in [5, 5.41) is 5.88. The maximum atomic E-state index is 12.7. The van der Waals surface area contributed by atoms with Crippen molar-refractivity contribution in [3.05, 3.63) is 41.6 Å². The van der Waals surface area contributed by atoms with E-state index in [1.165, 1.54) is 11.3 Å². The second kappa shape index (κ2) is 5.20. The number of hydrogen-bond acceptors (Lipinski definition) is 5. The number of nitrogens with one attached hydrogen (secondary N) is 1. The Morgan fingerprint density at radius 1 is 1.48 bits per heavy atom. The summed E-state index contributed by atoms with van der Waals surface area (Å²) in [4.78, 5) is 30.9. The average molecular weight is 327 g/mol. The van der Waals surface area contributed by atoms with Crippen LogP contribution in [0.3, 0.4) is 0 Å². The van der Waals surface area contributed by atoms with Crippen molar-refractivity contribution in [2.75, 3.05) is 16.8 Å². The van der Waals surface area contributed by atoms with Crippen LogP contribution in [0.1, 0.15) is 18.4 Å². The Hall–Kier alpha value is -2.67. The van der Waals surface area contributed by atoms with Gasteiger partial charge in [0.1, 0.15) is 11.5 Å². The third-order valence-electron chi connectivity index (χ3n) is 3.96. The number of likely N-dealkylation sites (N-methyl/N-ethyl adjacent to an activating group) is 1. The van der Waals surface area contributed by atoms with Crippen molar-refractivity contribution in [3.8, 4) is 0 Å². The lowest BCUT2D eigenvalue weighted by molar-refractivity contribution is -0.126. The van der Waals surface area contributed by atoms with Crippen molar-refractivity contribution in [2.45, 2.75) is 12.8 Å². The topological polar surface area (TPSA) is 75.4 Å². The van der Waals surface area contributed by atoms with Crippen LogP contribution in [0.4, 0.5) is 10.8 Å². The van der Waals surface area contributed by atoms with Gasteiger partial charge in [-0.15, -0.1) is 11.3 Å². The van der Waals surface area contributed by atoms with Gasteiger partial charge in [-0.05, 0) is 25.1 Å². The van der Waals surface area contributed by atoms with Crippen LogP contribution in [-0.4, -0.2) is 23.3 Å². The molecule has 6 nitrogen and oxygen atoms in total. The standard InChI is InChI=1S/C16H13N3O3S/c1-2-19-11-7-9-3-5-22-12(9)8-10(11)13(15(19)21)14(20)18-16-17-4-6-23-16/h3-8,13H,2H2,1H3,(H,17,18,20). The van der Waals surface area contributed by atoms with Crippen molar-refractivity contribution in [1.29, 1.82) is 0 Å². The van der Waals surface area contributed by atoms with Gasteiger partial charge in [0.05, 0.1) is 6.26 Å². The largest absolute Gasteiger partial charge is 0.464 e. The maximum Gasteiger partial charge on any atom is 0.244 e. The van der Waals surface area contributed by atoms with E-state index >= 15 is 0 Å². The molecule has 1 aliphatic heterocycles. The van der Waals surface area contributed by atoms with Crippen molar-refractivity contribution in [3.63, 3.8) is 0 Å². The van der Waals surface area contributed by atoms with Gasteiger partial charge in [-0.3, -0.25) is 9.59 Å². The summed E-state index contributed by atoms with van der Waals surface area (Å²) in [6, 6.07) is 5.52. The molecule has 0 aliphatic carbocycles. The minimum atomic E-state index is -0.872. The molecule has 1 N–H and O–H groups in total. The molecule has 0 saturated carbocycles. The Kier molecular flexibility index (Phi) is 3.16. The molecule has 2 amide bonds. The molecule has 4 rings (SSSR count). The third-order valence-corrected chi connectivity index (χ3v) is 4.65. The summed E-state index contributed by atoms with van der Waals surface area (Å²) in [5.41, 5.74) is 2.11. The van der Waals surface area contributed by atoms with Gasteiger partial charge in [0.2, 0.25) is 11.8 Å². The van der Waals surface area contributed by atoms with Crippen molar-refractivity contribution in [1.82, 2.24) is 4.98 Å². The SMILES string of the molecule is CCN1C(=O)C(C(=O)Nc2nccs2)c2cc3occc3cc21. The number of aromatic nitrogens is 1. The van der Waals surface area contributed by atoms with Crippen LogP contribution in [0, 0.1) is 0 Å². The number of rotatable bonds is 3. The van der Waals surface area contributed by atoms with E-state index in [4.69, 9.17) is 4.42 Å². The molecule has 0 saturated heterocycles. The van der Waals surface area contributed by atoms with E-state index in [1.54, 1.807) is 28.8 Å². The lowest BCUT2D eigenvalue weighted by atomic mass is 9.99. The van der Waals surface area contributed by atoms with E-state index in [2.05, 4.69) is 10.3 Å². The zero-order chi connectivity index (χ0) is 16.0. The highest BCUT2D eigenvalue weighted by Crippen LogP contribution is 2.40. The molecule has 1 aliphatic rings. The smallest absolute Gasteiger partial charge is 0.244 e. The number of carbonyl (C=O) groups is 2. The Morgan fingerprint density at radius 2 is 2.35 bits per heavy atom. The lowest BCUT2D eigenvalue weighted by Crippen LogP contribution is -2.33. The summed E-state index contributed by atoms with van der Waals surface area (Å²) in [6.07, 6.45) is 3.21. The minimum absolute atomic E-state index is 0.218. The summed E-state index contributed by atoms with van der Waals surface area (Å²) in [7, 11) is 0. The summed E-state index contributed by atoms with van der Waals surface area (Å²) < 4.78 is 5.41. The zero-order valence-electron chi connectivity index (χ0n) is 12.3.